The van der Waals surface area contributed by atoms with Crippen LogP contribution in [0.15, 0.2) is 12.3 Å². The van der Waals surface area contributed by atoms with Crippen LogP contribution in [0.3, 0.4) is 0 Å². The summed E-state index contributed by atoms with van der Waals surface area (Å²) in [7, 11) is 0. The summed E-state index contributed by atoms with van der Waals surface area (Å²) in [6.07, 6.45) is 7.78. The molecule has 1 aromatic rings. The summed E-state index contributed by atoms with van der Waals surface area (Å²) in [6, 6.07) is 3.97. The second-order valence-corrected chi connectivity index (χ2v) is 4.27. The second-order valence-electron chi connectivity index (χ2n) is 4.27. The molecule has 0 aliphatic heterocycles. The molecule has 0 aliphatic carbocycles. The lowest BCUT2D eigenvalue weighted by Crippen LogP contribution is -2.17. The number of nitrogens with zero attached hydrogens (tertiary/aromatic N) is 3. The van der Waals surface area contributed by atoms with Gasteiger partial charge in [-0.05, 0) is 19.4 Å². The molecule has 0 saturated heterocycles. The van der Waals surface area contributed by atoms with E-state index in [2.05, 4.69) is 29.1 Å². The van der Waals surface area contributed by atoms with E-state index in [1.54, 1.807) is 12.3 Å². The molecule has 4 nitrogen and oxygen atoms in total. The molecule has 1 unspecified atom stereocenters. The van der Waals surface area contributed by atoms with E-state index in [9.17, 15) is 0 Å². The summed E-state index contributed by atoms with van der Waals surface area (Å²) in [5.41, 5.74) is 0.403. The molecule has 1 atom stereocenters. The minimum Gasteiger partial charge on any atom is -0.352 e. The first-order valence-corrected chi connectivity index (χ1v) is 6.26. The minimum absolute atomic E-state index is 0.348. The van der Waals surface area contributed by atoms with Crippen LogP contribution in [0.1, 0.15) is 51.6 Å². The van der Waals surface area contributed by atoms with Crippen molar-refractivity contribution in [2.24, 2.45) is 0 Å². The fourth-order valence-electron chi connectivity index (χ4n) is 1.66. The van der Waals surface area contributed by atoms with E-state index in [4.69, 9.17) is 5.26 Å². The number of nitriles is 1. The van der Waals surface area contributed by atoms with Crippen LogP contribution in [0.2, 0.25) is 0 Å². The standard InChI is InChI=1S/C13H20N4/c1-3-4-5-6-7-11(2)16-13-15-9-8-12(10-14)17-13/h8-9,11H,3-7H2,1-2H3,(H,15,16,17). The maximum atomic E-state index is 8.73. The average molecular weight is 232 g/mol. The van der Waals surface area contributed by atoms with Crippen molar-refractivity contribution < 1.29 is 0 Å². The summed E-state index contributed by atoms with van der Waals surface area (Å²) >= 11 is 0. The summed E-state index contributed by atoms with van der Waals surface area (Å²) in [6.45, 7) is 4.33. The molecule has 0 aliphatic rings. The largest absolute Gasteiger partial charge is 0.352 e. The smallest absolute Gasteiger partial charge is 0.224 e. The average Bonchev–Trinajstić information content (AvgIpc) is 2.35. The zero-order valence-corrected chi connectivity index (χ0v) is 10.6. The number of hydrogen-bond donors (Lipinski definition) is 1. The molecule has 0 fully saturated rings. The Balaban J connectivity index is 2.34. The monoisotopic (exact) mass is 232 g/mol. The summed E-state index contributed by atoms with van der Waals surface area (Å²) in [4.78, 5) is 8.19. The molecule has 0 bridgehead atoms. The fraction of sp³-hybridized carbons (Fsp3) is 0.615. The van der Waals surface area contributed by atoms with Crippen molar-refractivity contribution in [2.45, 2.75) is 52.0 Å². The highest BCUT2D eigenvalue weighted by atomic mass is 15.1. The highest BCUT2D eigenvalue weighted by molar-refractivity contribution is 5.30. The zero-order chi connectivity index (χ0) is 12.5. The van der Waals surface area contributed by atoms with Crippen LogP contribution in [0.4, 0.5) is 5.95 Å². The lowest BCUT2D eigenvalue weighted by molar-refractivity contribution is 0.591. The molecule has 1 N–H and O–H groups in total. The first kappa shape index (κ1) is 13.4. The van der Waals surface area contributed by atoms with Gasteiger partial charge in [-0.3, -0.25) is 0 Å². The Morgan fingerprint density at radius 3 is 2.94 bits per heavy atom. The second kappa shape index (κ2) is 7.61. The highest BCUT2D eigenvalue weighted by Gasteiger charge is 2.04. The summed E-state index contributed by atoms with van der Waals surface area (Å²) in [5.74, 6) is 0.548. The van der Waals surface area contributed by atoms with Gasteiger partial charge in [0.1, 0.15) is 11.8 Å². The number of unbranched alkanes of at least 4 members (excludes halogenated alkanes) is 3. The van der Waals surface area contributed by atoms with Crippen molar-refractivity contribution >= 4 is 5.95 Å². The van der Waals surface area contributed by atoms with E-state index in [1.807, 2.05) is 6.07 Å². The van der Waals surface area contributed by atoms with Crippen LogP contribution >= 0.6 is 0 Å². The first-order chi connectivity index (χ1) is 8.26. The van der Waals surface area contributed by atoms with E-state index in [0.717, 1.165) is 6.42 Å². The summed E-state index contributed by atoms with van der Waals surface area (Å²) < 4.78 is 0. The molecule has 1 rings (SSSR count). The van der Waals surface area contributed by atoms with Gasteiger partial charge in [0.15, 0.2) is 0 Å². The fourth-order valence-corrected chi connectivity index (χ4v) is 1.66. The van der Waals surface area contributed by atoms with Gasteiger partial charge < -0.3 is 5.32 Å². The maximum absolute atomic E-state index is 8.73. The Morgan fingerprint density at radius 2 is 2.24 bits per heavy atom. The van der Waals surface area contributed by atoms with Gasteiger partial charge in [0, 0.05) is 12.2 Å². The number of aromatic nitrogens is 2. The van der Waals surface area contributed by atoms with Gasteiger partial charge in [0.2, 0.25) is 5.95 Å². The van der Waals surface area contributed by atoms with Crippen molar-refractivity contribution in [3.05, 3.63) is 18.0 Å². The van der Waals surface area contributed by atoms with E-state index in [1.165, 1.54) is 25.7 Å². The van der Waals surface area contributed by atoms with E-state index in [-0.39, 0.29) is 0 Å². The molecular formula is C13H20N4. The van der Waals surface area contributed by atoms with Crippen molar-refractivity contribution in [1.29, 1.82) is 5.26 Å². The SMILES string of the molecule is CCCCCCC(C)Nc1nccc(C#N)n1. The molecule has 0 spiro atoms. The summed E-state index contributed by atoms with van der Waals surface area (Å²) in [5, 5.41) is 11.9. The van der Waals surface area contributed by atoms with E-state index in [0.29, 0.717) is 17.7 Å². The van der Waals surface area contributed by atoms with E-state index >= 15 is 0 Å². The molecule has 0 aromatic carbocycles. The Morgan fingerprint density at radius 1 is 1.41 bits per heavy atom. The van der Waals surface area contributed by atoms with Crippen molar-refractivity contribution in [3.63, 3.8) is 0 Å². The first-order valence-electron chi connectivity index (χ1n) is 6.26. The van der Waals surface area contributed by atoms with Crippen LogP contribution in [-0.4, -0.2) is 16.0 Å². The quantitative estimate of drug-likeness (QED) is 0.734. The number of nitrogens with one attached hydrogen (secondary N) is 1. The molecular weight excluding hydrogens is 212 g/mol. The van der Waals surface area contributed by atoms with Gasteiger partial charge in [-0.1, -0.05) is 32.6 Å². The van der Waals surface area contributed by atoms with Gasteiger partial charge in [-0.25, -0.2) is 9.97 Å². The Kier molecular flexibility index (Phi) is 6.02. The van der Waals surface area contributed by atoms with Gasteiger partial charge >= 0.3 is 0 Å². The lowest BCUT2D eigenvalue weighted by atomic mass is 10.1. The number of anilines is 1. The van der Waals surface area contributed by atoms with Crippen LogP contribution in [0, 0.1) is 11.3 Å². The van der Waals surface area contributed by atoms with Crippen molar-refractivity contribution in [2.75, 3.05) is 5.32 Å². The lowest BCUT2D eigenvalue weighted by Gasteiger charge is -2.13. The molecule has 1 aromatic heterocycles. The Bertz CT molecular complexity index is 370. The third-order valence-corrected chi connectivity index (χ3v) is 2.64. The van der Waals surface area contributed by atoms with Crippen LogP contribution < -0.4 is 5.32 Å². The Hall–Kier alpha value is -1.63. The molecule has 0 amide bonds. The molecule has 92 valence electrons. The Labute approximate surface area is 103 Å². The molecule has 0 saturated carbocycles. The normalized spacial score (nSPS) is 11.8. The maximum Gasteiger partial charge on any atom is 0.224 e. The third-order valence-electron chi connectivity index (χ3n) is 2.64. The van der Waals surface area contributed by atoms with Crippen molar-refractivity contribution in [3.8, 4) is 6.07 Å². The third kappa shape index (κ3) is 5.30. The van der Waals surface area contributed by atoms with Crippen molar-refractivity contribution in [1.82, 2.24) is 9.97 Å². The molecule has 4 heteroatoms. The zero-order valence-electron chi connectivity index (χ0n) is 10.6. The predicted octanol–water partition coefficient (Wildman–Crippen LogP) is 3.12. The van der Waals surface area contributed by atoms with Crippen LogP contribution in [-0.2, 0) is 0 Å². The van der Waals surface area contributed by atoms with Gasteiger partial charge in [0.25, 0.3) is 0 Å². The number of rotatable bonds is 7. The molecule has 17 heavy (non-hydrogen) atoms. The number of hydrogen-bond acceptors (Lipinski definition) is 4. The van der Waals surface area contributed by atoms with Gasteiger partial charge in [0.05, 0.1) is 0 Å². The van der Waals surface area contributed by atoms with E-state index < -0.39 is 0 Å². The van der Waals surface area contributed by atoms with Gasteiger partial charge in [-0.2, -0.15) is 5.26 Å². The molecule has 1 heterocycles. The molecule has 0 radical (unpaired) electrons. The topological polar surface area (TPSA) is 61.6 Å². The minimum atomic E-state index is 0.348. The van der Waals surface area contributed by atoms with Gasteiger partial charge in [-0.15, -0.1) is 0 Å². The highest BCUT2D eigenvalue weighted by Crippen LogP contribution is 2.09. The predicted molar refractivity (Wildman–Crippen MR) is 68.6 cm³/mol. The van der Waals surface area contributed by atoms with Crippen LogP contribution in [0.5, 0.6) is 0 Å². The van der Waals surface area contributed by atoms with Crippen LogP contribution in [0.25, 0.3) is 0 Å².